The summed E-state index contributed by atoms with van der Waals surface area (Å²) in [5, 5.41) is 20.1. The highest BCUT2D eigenvalue weighted by molar-refractivity contribution is 5.85. The number of rotatable bonds is 3. The van der Waals surface area contributed by atoms with Crippen LogP contribution in [0.1, 0.15) is 42.6 Å². The van der Waals surface area contributed by atoms with Crippen molar-refractivity contribution in [3.63, 3.8) is 0 Å². The van der Waals surface area contributed by atoms with Crippen molar-refractivity contribution in [1.82, 2.24) is 10.2 Å². The molecule has 5 nitrogen and oxygen atoms in total. The van der Waals surface area contributed by atoms with E-state index in [-0.39, 0.29) is 5.69 Å². The predicted molar refractivity (Wildman–Crippen MR) is 73.4 cm³/mol. The predicted octanol–water partition coefficient (Wildman–Crippen LogP) is 2.41. The van der Waals surface area contributed by atoms with Crippen molar-refractivity contribution < 1.29 is 9.90 Å². The SMILES string of the molecule is O=C(O)c1ccc(NC2C3CC4CC(C3)CC2C4)nn1. The molecule has 20 heavy (non-hydrogen) atoms. The first-order valence-corrected chi connectivity index (χ1v) is 7.52. The monoisotopic (exact) mass is 273 g/mol. The second-order valence-electron chi connectivity index (χ2n) is 6.71. The highest BCUT2D eigenvalue weighted by atomic mass is 16.4. The van der Waals surface area contributed by atoms with Crippen LogP contribution < -0.4 is 5.32 Å². The third kappa shape index (κ3) is 1.96. The Labute approximate surface area is 117 Å². The van der Waals surface area contributed by atoms with E-state index in [1.165, 1.54) is 38.2 Å². The lowest BCUT2D eigenvalue weighted by Gasteiger charge is -2.54. The molecule has 1 heterocycles. The summed E-state index contributed by atoms with van der Waals surface area (Å²) in [4.78, 5) is 10.8. The number of hydrogen-bond acceptors (Lipinski definition) is 4. The number of aromatic nitrogens is 2. The van der Waals surface area contributed by atoms with Gasteiger partial charge >= 0.3 is 5.97 Å². The van der Waals surface area contributed by atoms with Gasteiger partial charge in [-0.3, -0.25) is 0 Å². The zero-order valence-electron chi connectivity index (χ0n) is 11.3. The Balaban J connectivity index is 1.50. The lowest BCUT2D eigenvalue weighted by molar-refractivity contribution is 0.00739. The van der Waals surface area contributed by atoms with Gasteiger partial charge < -0.3 is 10.4 Å². The van der Waals surface area contributed by atoms with Gasteiger partial charge in [0.2, 0.25) is 0 Å². The number of carboxylic acids is 1. The topological polar surface area (TPSA) is 75.1 Å². The summed E-state index contributed by atoms with van der Waals surface area (Å²) >= 11 is 0. The summed E-state index contributed by atoms with van der Waals surface area (Å²) in [6.07, 6.45) is 6.86. The molecule has 1 aromatic heterocycles. The standard InChI is InChI=1S/C15H19N3O2/c19-15(20)12-1-2-13(18-17-12)16-14-10-4-8-3-9(6-10)7-11(14)5-8/h1-2,8-11,14H,3-7H2,(H,16,18)(H,19,20). The average Bonchev–Trinajstić information content (AvgIpc) is 2.42. The third-order valence-electron chi connectivity index (χ3n) is 5.42. The Morgan fingerprint density at radius 3 is 2.20 bits per heavy atom. The number of carboxylic acid groups (broad SMARTS) is 1. The van der Waals surface area contributed by atoms with Gasteiger partial charge in [0, 0.05) is 6.04 Å². The molecule has 4 saturated carbocycles. The Kier molecular flexibility index (Phi) is 2.69. The molecule has 5 heteroatoms. The molecule has 4 bridgehead atoms. The van der Waals surface area contributed by atoms with Gasteiger partial charge in [0.15, 0.2) is 5.69 Å². The van der Waals surface area contributed by atoms with Crippen LogP contribution >= 0.6 is 0 Å². The normalized spacial score (nSPS) is 37.9. The smallest absolute Gasteiger partial charge is 0.356 e. The Bertz CT molecular complexity index is 500. The fourth-order valence-electron chi connectivity index (χ4n) is 4.85. The van der Waals surface area contributed by atoms with Gasteiger partial charge in [-0.2, -0.15) is 0 Å². The molecule has 0 saturated heterocycles. The van der Waals surface area contributed by atoms with Crippen molar-refractivity contribution in [3.8, 4) is 0 Å². The fourth-order valence-corrected chi connectivity index (χ4v) is 4.85. The van der Waals surface area contributed by atoms with Gasteiger partial charge in [0.25, 0.3) is 0 Å². The minimum atomic E-state index is -1.03. The zero-order chi connectivity index (χ0) is 13.7. The van der Waals surface area contributed by atoms with E-state index in [0.29, 0.717) is 11.9 Å². The van der Waals surface area contributed by atoms with E-state index in [9.17, 15) is 4.79 Å². The van der Waals surface area contributed by atoms with Gasteiger partial charge in [0.1, 0.15) is 5.82 Å². The summed E-state index contributed by atoms with van der Waals surface area (Å²) in [6.45, 7) is 0. The second kappa shape index (κ2) is 4.43. The van der Waals surface area contributed by atoms with E-state index in [4.69, 9.17) is 5.11 Å². The molecule has 4 aliphatic rings. The molecule has 2 N–H and O–H groups in total. The van der Waals surface area contributed by atoms with Gasteiger partial charge in [0.05, 0.1) is 0 Å². The number of hydrogen-bond donors (Lipinski definition) is 2. The van der Waals surface area contributed by atoms with Crippen molar-refractivity contribution in [2.24, 2.45) is 23.7 Å². The quantitative estimate of drug-likeness (QED) is 0.884. The lowest BCUT2D eigenvalue weighted by Crippen LogP contribution is -2.51. The average molecular weight is 273 g/mol. The van der Waals surface area contributed by atoms with Crippen LogP contribution in [0.3, 0.4) is 0 Å². The molecule has 106 valence electrons. The van der Waals surface area contributed by atoms with Gasteiger partial charge in [-0.15, -0.1) is 10.2 Å². The van der Waals surface area contributed by atoms with Crippen molar-refractivity contribution >= 4 is 11.8 Å². The Morgan fingerprint density at radius 1 is 1.05 bits per heavy atom. The Hall–Kier alpha value is -1.65. The molecule has 1 aromatic rings. The second-order valence-corrected chi connectivity index (χ2v) is 6.71. The van der Waals surface area contributed by atoms with Crippen LogP contribution in [0.25, 0.3) is 0 Å². The first kappa shape index (κ1) is 12.1. The van der Waals surface area contributed by atoms with Gasteiger partial charge in [-0.05, 0) is 67.9 Å². The van der Waals surface area contributed by atoms with E-state index in [2.05, 4.69) is 15.5 Å². The van der Waals surface area contributed by atoms with Gasteiger partial charge in [-0.1, -0.05) is 0 Å². The summed E-state index contributed by atoms with van der Waals surface area (Å²) < 4.78 is 0. The number of carbonyl (C=O) groups is 1. The molecule has 0 spiro atoms. The summed E-state index contributed by atoms with van der Waals surface area (Å²) in [6, 6.07) is 3.77. The lowest BCUT2D eigenvalue weighted by atomic mass is 9.54. The zero-order valence-corrected chi connectivity index (χ0v) is 11.3. The van der Waals surface area contributed by atoms with E-state index >= 15 is 0 Å². The van der Waals surface area contributed by atoms with E-state index in [1.54, 1.807) is 6.07 Å². The van der Waals surface area contributed by atoms with E-state index in [1.807, 2.05) is 0 Å². The highest BCUT2D eigenvalue weighted by Crippen LogP contribution is 2.54. The molecule has 0 aliphatic heterocycles. The van der Waals surface area contributed by atoms with Crippen LogP contribution in [-0.4, -0.2) is 27.3 Å². The van der Waals surface area contributed by atoms with E-state index in [0.717, 1.165) is 23.7 Å². The van der Waals surface area contributed by atoms with Crippen molar-refractivity contribution in [2.45, 2.75) is 38.1 Å². The summed E-state index contributed by atoms with van der Waals surface area (Å²) in [5.74, 6) is 3.14. The molecule has 5 rings (SSSR count). The molecule has 4 fully saturated rings. The summed E-state index contributed by atoms with van der Waals surface area (Å²) in [7, 11) is 0. The van der Waals surface area contributed by atoms with Crippen LogP contribution in [0.5, 0.6) is 0 Å². The van der Waals surface area contributed by atoms with Crippen molar-refractivity contribution in [3.05, 3.63) is 17.8 Å². The van der Waals surface area contributed by atoms with Crippen LogP contribution in [0.2, 0.25) is 0 Å². The van der Waals surface area contributed by atoms with Gasteiger partial charge in [-0.25, -0.2) is 4.79 Å². The molecule has 4 aliphatic carbocycles. The fraction of sp³-hybridized carbons (Fsp3) is 0.667. The van der Waals surface area contributed by atoms with E-state index < -0.39 is 5.97 Å². The maximum Gasteiger partial charge on any atom is 0.356 e. The molecule has 0 unspecified atom stereocenters. The van der Waals surface area contributed by atoms with Crippen LogP contribution in [0, 0.1) is 23.7 Å². The number of nitrogens with one attached hydrogen (secondary N) is 1. The van der Waals surface area contributed by atoms with Crippen LogP contribution in [0.4, 0.5) is 5.82 Å². The molecule has 0 atom stereocenters. The Morgan fingerprint density at radius 2 is 1.70 bits per heavy atom. The first-order chi connectivity index (χ1) is 9.69. The van der Waals surface area contributed by atoms with Crippen molar-refractivity contribution in [2.75, 3.05) is 5.32 Å². The molecule has 0 amide bonds. The maximum absolute atomic E-state index is 10.8. The first-order valence-electron chi connectivity index (χ1n) is 7.52. The minimum absolute atomic E-state index is 0.000586. The molecule has 0 aromatic carbocycles. The minimum Gasteiger partial charge on any atom is -0.476 e. The van der Waals surface area contributed by atoms with Crippen molar-refractivity contribution in [1.29, 1.82) is 0 Å². The highest BCUT2D eigenvalue weighted by Gasteiger charge is 2.48. The molecular weight excluding hydrogens is 254 g/mol. The maximum atomic E-state index is 10.8. The molecular formula is C15H19N3O2. The van der Waals surface area contributed by atoms with Crippen LogP contribution in [-0.2, 0) is 0 Å². The third-order valence-corrected chi connectivity index (χ3v) is 5.42. The number of nitrogens with zero attached hydrogens (tertiary/aromatic N) is 2. The number of anilines is 1. The summed E-state index contributed by atoms with van der Waals surface area (Å²) in [5.41, 5.74) is 0.000586. The largest absolute Gasteiger partial charge is 0.476 e. The van der Waals surface area contributed by atoms with Crippen LogP contribution in [0.15, 0.2) is 12.1 Å². The molecule has 0 radical (unpaired) electrons. The number of aromatic carboxylic acids is 1.